The van der Waals surface area contributed by atoms with E-state index in [0.717, 1.165) is 0 Å². The van der Waals surface area contributed by atoms with E-state index in [1.165, 1.54) is 16.5 Å². The maximum Gasteiger partial charge on any atom is 0.143 e. The van der Waals surface area contributed by atoms with Crippen molar-refractivity contribution in [3.8, 4) is 0 Å². The van der Waals surface area contributed by atoms with Crippen molar-refractivity contribution >= 4 is 16.7 Å². The molecule has 0 aliphatic carbocycles. The molecule has 3 heteroatoms. The highest BCUT2D eigenvalue weighted by molar-refractivity contribution is 5.82. The van der Waals surface area contributed by atoms with Gasteiger partial charge in [0.05, 0.1) is 6.54 Å². The van der Waals surface area contributed by atoms with E-state index in [9.17, 15) is 4.79 Å². The van der Waals surface area contributed by atoms with Crippen molar-refractivity contribution in [2.75, 3.05) is 13.6 Å². The molecule has 2 aromatic rings. The van der Waals surface area contributed by atoms with Gasteiger partial charge in [0.2, 0.25) is 0 Å². The fourth-order valence-electron chi connectivity index (χ4n) is 1.47. The third kappa shape index (κ3) is 8.48. The summed E-state index contributed by atoms with van der Waals surface area (Å²) in [4.78, 5) is 13.2. The number of rotatable bonds is 2. The molecular weight excluding hydrogens is 248 g/mol. The van der Waals surface area contributed by atoms with Crippen LogP contribution in [0.5, 0.6) is 0 Å². The summed E-state index contributed by atoms with van der Waals surface area (Å²) in [6, 6.07) is 8.31. The molecule has 0 bridgehead atoms. The summed E-state index contributed by atoms with van der Waals surface area (Å²) in [7, 11) is 1.75. The number of fused-ring (bicyclic) bond motifs is 1. The lowest BCUT2D eigenvalue weighted by Gasteiger charge is -1.86. The standard InChI is InChI=1S/C9H9N.C4H9NO.2C2H6/c1-7-6-10-9-5-3-2-4-8(7)9;1-4(6)3-5-2;2*1-2/h2-6,10H,1H3;5H,3H2,1-2H3;2*1-2H3. The van der Waals surface area contributed by atoms with Crippen LogP contribution >= 0.6 is 0 Å². The van der Waals surface area contributed by atoms with E-state index in [1.54, 1.807) is 14.0 Å². The first-order valence-electron chi connectivity index (χ1n) is 7.32. The molecule has 0 amide bonds. The Bertz CT molecular complexity index is 461. The van der Waals surface area contributed by atoms with Crippen molar-refractivity contribution < 1.29 is 4.79 Å². The Balaban J connectivity index is 0. The summed E-state index contributed by atoms with van der Waals surface area (Å²) in [6.45, 7) is 12.1. The van der Waals surface area contributed by atoms with Crippen LogP contribution in [-0.4, -0.2) is 24.4 Å². The molecule has 0 fully saturated rings. The molecule has 0 spiro atoms. The van der Waals surface area contributed by atoms with Gasteiger partial charge in [0.25, 0.3) is 0 Å². The highest BCUT2D eigenvalue weighted by atomic mass is 16.1. The van der Waals surface area contributed by atoms with Crippen molar-refractivity contribution in [3.05, 3.63) is 36.0 Å². The second-order valence-electron chi connectivity index (χ2n) is 3.75. The zero-order valence-corrected chi connectivity index (χ0v) is 14.0. The maximum atomic E-state index is 9.98. The molecule has 1 aromatic carbocycles. The average Bonchev–Trinajstić information content (AvgIpc) is 2.86. The first-order valence-corrected chi connectivity index (χ1v) is 7.32. The summed E-state index contributed by atoms with van der Waals surface area (Å²) < 4.78 is 0. The smallest absolute Gasteiger partial charge is 0.143 e. The van der Waals surface area contributed by atoms with Gasteiger partial charge in [-0.05, 0) is 32.5 Å². The van der Waals surface area contributed by atoms with Crippen molar-refractivity contribution in [2.45, 2.75) is 41.5 Å². The summed E-state index contributed by atoms with van der Waals surface area (Å²) in [5.41, 5.74) is 2.54. The lowest BCUT2D eigenvalue weighted by molar-refractivity contribution is -0.116. The van der Waals surface area contributed by atoms with Crippen LogP contribution in [-0.2, 0) is 4.79 Å². The molecular formula is C17H30N2O. The topological polar surface area (TPSA) is 44.9 Å². The zero-order valence-electron chi connectivity index (χ0n) is 14.0. The first kappa shape index (κ1) is 20.7. The number of carbonyl (C=O) groups excluding carboxylic acids is 1. The van der Waals surface area contributed by atoms with E-state index in [2.05, 4.69) is 35.4 Å². The molecule has 0 unspecified atom stereocenters. The molecule has 1 heterocycles. The molecule has 0 atom stereocenters. The highest BCUT2D eigenvalue weighted by Crippen LogP contribution is 2.15. The number of ketones is 1. The SMILES string of the molecule is CC.CC.CNCC(C)=O.Cc1c[nH]c2ccccc12. The predicted octanol–water partition coefficient (Wildman–Crippen LogP) is 4.32. The Morgan fingerprint density at radius 2 is 1.70 bits per heavy atom. The van der Waals surface area contributed by atoms with E-state index in [-0.39, 0.29) is 5.78 Å². The number of para-hydroxylation sites is 1. The van der Waals surface area contributed by atoms with Crippen molar-refractivity contribution in [2.24, 2.45) is 0 Å². The van der Waals surface area contributed by atoms with Crippen LogP contribution in [0.2, 0.25) is 0 Å². The van der Waals surface area contributed by atoms with E-state index in [4.69, 9.17) is 0 Å². The molecule has 0 aliphatic rings. The van der Waals surface area contributed by atoms with E-state index in [1.807, 2.05) is 40.0 Å². The number of hydrogen-bond donors (Lipinski definition) is 2. The summed E-state index contributed by atoms with van der Waals surface area (Å²) in [5, 5.41) is 4.04. The normalized spacial score (nSPS) is 8.35. The van der Waals surface area contributed by atoms with Gasteiger partial charge < -0.3 is 10.3 Å². The number of nitrogens with one attached hydrogen (secondary N) is 2. The lowest BCUT2D eigenvalue weighted by Crippen LogP contribution is -2.14. The van der Waals surface area contributed by atoms with Gasteiger partial charge in [-0.25, -0.2) is 0 Å². The molecule has 2 N–H and O–H groups in total. The number of aromatic nitrogens is 1. The molecule has 114 valence electrons. The number of aromatic amines is 1. The number of likely N-dealkylation sites (N-methyl/N-ethyl adjacent to an activating group) is 1. The van der Waals surface area contributed by atoms with Crippen LogP contribution in [0.15, 0.2) is 30.5 Å². The van der Waals surface area contributed by atoms with Crippen LogP contribution in [0.1, 0.15) is 40.2 Å². The molecule has 0 saturated heterocycles. The maximum absolute atomic E-state index is 9.98. The first-order chi connectivity index (χ1) is 9.65. The minimum absolute atomic E-state index is 0.178. The number of Topliss-reactive ketones (excluding diaryl/α,β-unsaturated/α-hetero) is 1. The van der Waals surface area contributed by atoms with Crippen LogP contribution in [0, 0.1) is 6.92 Å². The fraction of sp³-hybridized carbons (Fsp3) is 0.471. The summed E-state index contributed by atoms with van der Waals surface area (Å²) in [5.74, 6) is 0.178. The van der Waals surface area contributed by atoms with Crippen LogP contribution in [0.25, 0.3) is 10.9 Å². The monoisotopic (exact) mass is 278 g/mol. The van der Waals surface area contributed by atoms with Crippen molar-refractivity contribution in [1.29, 1.82) is 0 Å². The molecule has 0 aliphatic heterocycles. The quantitative estimate of drug-likeness (QED) is 0.859. The number of aryl methyl sites for hydroxylation is 1. The van der Waals surface area contributed by atoms with E-state index >= 15 is 0 Å². The molecule has 0 saturated carbocycles. The van der Waals surface area contributed by atoms with Gasteiger partial charge in [-0.1, -0.05) is 45.9 Å². The van der Waals surface area contributed by atoms with E-state index < -0.39 is 0 Å². The highest BCUT2D eigenvalue weighted by Gasteiger charge is 1.94. The Morgan fingerprint density at radius 3 is 2.10 bits per heavy atom. The van der Waals surface area contributed by atoms with Gasteiger partial charge in [-0.15, -0.1) is 0 Å². The van der Waals surface area contributed by atoms with Crippen LogP contribution in [0.4, 0.5) is 0 Å². The Kier molecular flexibility index (Phi) is 14.3. The Labute approximate surface area is 123 Å². The average molecular weight is 278 g/mol. The van der Waals surface area contributed by atoms with Gasteiger partial charge in [0.1, 0.15) is 5.78 Å². The second-order valence-corrected chi connectivity index (χ2v) is 3.75. The Hall–Kier alpha value is -1.61. The number of hydrogen-bond acceptors (Lipinski definition) is 2. The summed E-state index contributed by atoms with van der Waals surface area (Å²) in [6.07, 6.45) is 2.03. The lowest BCUT2D eigenvalue weighted by atomic mass is 10.2. The minimum atomic E-state index is 0.178. The van der Waals surface area contributed by atoms with Gasteiger partial charge in [-0.2, -0.15) is 0 Å². The Morgan fingerprint density at radius 1 is 1.15 bits per heavy atom. The van der Waals surface area contributed by atoms with E-state index in [0.29, 0.717) is 6.54 Å². The second kappa shape index (κ2) is 13.8. The predicted molar refractivity (Wildman–Crippen MR) is 90.3 cm³/mol. The van der Waals surface area contributed by atoms with Gasteiger partial charge in [-0.3, -0.25) is 4.79 Å². The molecule has 20 heavy (non-hydrogen) atoms. The third-order valence-electron chi connectivity index (χ3n) is 2.22. The van der Waals surface area contributed by atoms with Crippen molar-refractivity contribution in [3.63, 3.8) is 0 Å². The third-order valence-corrected chi connectivity index (χ3v) is 2.22. The molecule has 2 rings (SSSR count). The zero-order chi connectivity index (χ0) is 16.0. The molecule has 0 radical (unpaired) electrons. The largest absolute Gasteiger partial charge is 0.361 e. The van der Waals surface area contributed by atoms with Gasteiger partial charge >= 0.3 is 0 Å². The summed E-state index contributed by atoms with van der Waals surface area (Å²) >= 11 is 0. The van der Waals surface area contributed by atoms with Gasteiger partial charge in [0.15, 0.2) is 0 Å². The number of benzene rings is 1. The number of H-pyrrole nitrogens is 1. The fourth-order valence-corrected chi connectivity index (χ4v) is 1.47. The van der Waals surface area contributed by atoms with Crippen LogP contribution < -0.4 is 5.32 Å². The van der Waals surface area contributed by atoms with Gasteiger partial charge in [0, 0.05) is 17.1 Å². The minimum Gasteiger partial charge on any atom is -0.361 e. The number of carbonyl (C=O) groups is 1. The molecule has 1 aromatic heterocycles. The van der Waals surface area contributed by atoms with Crippen LogP contribution in [0.3, 0.4) is 0 Å². The molecule has 3 nitrogen and oxygen atoms in total. The van der Waals surface area contributed by atoms with Crippen molar-refractivity contribution in [1.82, 2.24) is 10.3 Å².